The van der Waals surface area contributed by atoms with Crippen molar-refractivity contribution in [2.75, 3.05) is 4.90 Å². The van der Waals surface area contributed by atoms with E-state index in [0.717, 1.165) is 11.4 Å². The molecule has 2 heterocycles. The Hall–Kier alpha value is -6.42. The highest BCUT2D eigenvalue weighted by Gasteiger charge is 2.26. The molecule has 0 saturated carbocycles. The van der Waals surface area contributed by atoms with Gasteiger partial charge in [-0.1, -0.05) is 140 Å². The Morgan fingerprint density at radius 3 is 1.90 bits per heavy atom. The summed E-state index contributed by atoms with van der Waals surface area (Å²) < 4.78 is 5.03. The van der Waals surface area contributed by atoms with E-state index in [0.29, 0.717) is 0 Å². The minimum Gasteiger partial charge on any atom is -0.307 e. The molecule has 0 radical (unpaired) electrons. The van der Waals surface area contributed by atoms with Crippen LogP contribution in [-0.4, -0.2) is 4.57 Å². The number of para-hydroxylation sites is 3. The number of hydrogen-bond acceptors (Lipinski definition) is 2. The molecule has 0 aliphatic rings. The van der Waals surface area contributed by atoms with Crippen molar-refractivity contribution in [3.05, 3.63) is 182 Å². The molecule has 238 valence electrons. The van der Waals surface area contributed by atoms with E-state index in [1.165, 1.54) is 85.7 Å². The third-order valence-corrected chi connectivity index (χ3v) is 11.7. The molecule has 3 heteroatoms. The van der Waals surface area contributed by atoms with E-state index in [1.807, 2.05) is 11.3 Å². The lowest BCUT2D eigenvalue weighted by atomic mass is 9.94. The van der Waals surface area contributed by atoms with E-state index >= 15 is 0 Å². The summed E-state index contributed by atoms with van der Waals surface area (Å²) in [6.07, 6.45) is 0. The van der Waals surface area contributed by atoms with E-state index in [1.54, 1.807) is 0 Å². The fraction of sp³-hybridized carbons (Fsp3) is 0. The van der Waals surface area contributed by atoms with Gasteiger partial charge in [0.25, 0.3) is 0 Å². The highest BCUT2D eigenvalue weighted by molar-refractivity contribution is 7.26. The summed E-state index contributed by atoms with van der Waals surface area (Å²) in [5.41, 5.74) is 7.01. The van der Waals surface area contributed by atoms with E-state index in [-0.39, 0.29) is 0 Å². The minimum atomic E-state index is 1.14. The molecule has 0 aliphatic heterocycles. The summed E-state index contributed by atoms with van der Waals surface area (Å²) in [7, 11) is 0. The first-order chi connectivity index (χ1) is 25.3. The third kappa shape index (κ3) is 4.16. The standard InChI is InChI=1S/C48H30N2S/c1-2-16-33(17-3-1)49-41-24-10-8-20-36(41)39-22-12-25-42(47(39)49)50(43-26-13-23-40-37-21-9-11-27-45(37)51-48(40)43)44-30-32-15-5-6-18-34(32)38-29-28-31-14-4-7-19-35(31)46(38)44/h1-30H. The number of nitrogens with zero attached hydrogens (tertiary/aromatic N) is 2. The average molecular weight is 667 g/mol. The van der Waals surface area contributed by atoms with Gasteiger partial charge in [-0.15, -0.1) is 11.3 Å². The smallest absolute Gasteiger partial charge is 0.0782 e. The summed E-state index contributed by atoms with van der Waals surface area (Å²) in [4.78, 5) is 2.57. The molecule has 0 N–H and O–H groups in total. The van der Waals surface area contributed by atoms with E-state index in [9.17, 15) is 0 Å². The Bertz CT molecular complexity index is 3150. The molecule has 2 nitrogen and oxygen atoms in total. The van der Waals surface area contributed by atoms with Crippen LogP contribution in [0.1, 0.15) is 0 Å². The number of rotatable bonds is 4. The first-order valence-electron chi connectivity index (χ1n) is 17.4. The van der Waals surface area contributed by atoms with Gasteiger partial charge in [-0.25, -0.2) is 0 Å². The largest absolute Gasteiger partial charge is 0.307 e. The lowest BCUT2D eigenvalue weighted by Crippen LogP contribution is -2.12. The third-order valence-electron chi connectivity index (χ3n) is 10.5. The molecule has 51 heavy (non-hydrogen) atoms. The molecular weight excluding hydrogens is 637 g/mol. The summed E-state index contributed by atoms with van der Waals surface area (Å²) in [5.74, 6) is 0. The van der Waals surface area contributed by atoms with Gasteiger partial charge >= 0.3 is 0 Å². The van der Waals surface area contributed by atoms with Crippen molar-refractivity contribution < 1.29 is 0 Å². The van der Waals surface area contributed by atoms with Crippen LogP contribution in [-0.2, 0) is 0 Å². The van der Waals surface area contributed by atoms with Crippen LogP contribution >= 0.6 is 11.3 Å². The Morgan fingerprint density at radius 2 is 1.04 bits per heavy atom. The van der Waals surface area contributed by atoms with Gasteiger partial charge in [0.05, 0.1) is 32.8 Å². The van der Waals surface area contributed by atoms with Crippen LogP contribution in [0.3, 0.4) is 0 Å². The van der Waals surface area contributed by atoms with Gasteiger partial charge < -0.3 is 9.47 Å². The van der Waals surface area contributed by atoms with Crippen LogP contribution < -0.4 is 4.90 Å². The maximum atomic E-state index is 2.57. The van der Waals surface area contributed by atoms with Crippen molar-refractivity contribution in [3.8, 4) is 5.69 Å². The second-order valence-electron chi connectivity index (χ2n) is 13.3. The fourth-order valence-electron chi connectivity index (χ4n) is 8.36. The number of thiophene rings is 1. The number of hydrogen-bond donors (Lipinski definition) is 0. The summed E-state index contributed by atoms with van der Waals surface area (Å²) in [6, 6.07) is 66.8. The zero-order valence-electron chi connectivity index (χ0n) is 27.6. The van der Waals surface area contributed by atoms with Gasteiger partial charge in [0.1, 0.15) is 0 Å². The van der Waals surface area contributed by atoms with Crippen molar-refractivity contribution in [3.63, 3.8) is 0 Å². The second-order valence-corrected chi connectivity index (χ2v) is 14.3. The lowest BCUT2D eigenvalue weighted by Gasteiger charge is -2.30. The number of aromatic nitrogens is 1. The van der Waals surface area contributed by atoms with E-state index < -0.39 is 0 Å². The van der Waals surface area contributed by atoms with Gasteiger partial charge in [-0.05, 0) is 69.4 Å². The molecule has 0 bridgehead atoms. The van der Waals surface area contributed by atoms with Crippen LogP contribution in [0.4, 0.5) is 17.1 Å². The van der Waals surface area contributed by atoms with Crippen LogP contribution in [0.25, 0.3) is 80.0 Å². The quantitative estimate of drug-likeness (QED) is 0.170. The first-order valence-corrected chi connectivity index (χ1v) is 18.3. The zero-order chi connectivity index (χ0) is 33.5. The van der Waals surface area contributed by atoms with Crippen LogP contribution in [0.5, 0.6) is 0 Å². The minimum absolute atomic E-state index is 1.14. The molecule has 2 aromatic heterocycles. The molecule has 0 saturated heterocycles. The van der Waals surface area contributed by atoms with Crippen LogP contribution in [0.15, 0.2) is 182 Å². The molecule has 0 unspecified atom stereocenters. The fourth-order valence-corrected chi connectivity index (χ4v) is 9.57. The van der Waals surface area contributed by atoms with Gasteiger partial charge in [-0.2, -0.15) is 0 Å². The van der Waals surface area contributed by atoms with Gasteiger partial charge in [0.15, 0.2) is 0 Å². The van der Waals surface area contributed by atoms with Crippen molar-refractivity contribution >= 4 is 103 Å². The molecule has 11 rings (SSSR count). The Kier molecular flexibility index (Phi) is 6.16. The van der Waals surface area contributed by atoms with Crippen molar-refractivity contribution in [2.24, 2.45) is 0 Å². The highest BCUT2D eigenvalue weighted by Crippen LogP contribution is 2.51. The number of benzene rings is 9. The Labute approximate surface area is 298 Å². The Balaban J connectivity index is 1.37. The molecule has 0 atom stereocenters. The predicted molar refractivity (Wildman–Crippen MR) is 221 cm³/mol. The van der Waals surface area contributed by atoms with E-state index in [4.69, 9.17) is 0 Å². The van der Waals surface area contributed by atoms with Crippen molar-refractivity contribution in [2.45, 2.75) is 0 Å². The summed E-state index contributed by atoms with van der Waals surface area (Å²) in [5, 5.41) is 12.5. The SMILES string of the molecule is c1ccc(-n2c3ccccc3c3cccc(N(c4cccc5c4sc4ccccc45)c4cc5ccccc5c5ccc6ccccc6c45)c32)cc1. The molecule has 0 aliphatic carbocycles. The van der Waals surface area contributed by atoms with Gasteiger partial charge in [0, 0.05) is 37.3 Å². The Morgan fingerprint density at radius 1 is 0.392 bits per heavy atom. The van der Waals surface area contributed by atoms with Crippen LogP contribution in [0, 0.1) is 0 Å². The maximum Gasteiger partial charge on any atom is 0.0782 e. The monoisotopic (exact) mass is 666 g/mol. The zero-order valence-corrected chi connectivity index (χ0v) is 28.4. The molecule has 0 spiro atoms. The highest BCUT2D eigenvalue weighted by atomic mass is 32.1. The molecule has 0 fully saturated rings. The number of fused-ring (bicyclic) bond motifs is 11. The average Bonchev–Trinajstić information content (AvgIpc) is 3.75. The van der Waals surface area contributed by atoms with Gasteiger partial charge in [0.2, 0.25) is 0 Å². The maximum absolute atomic E-state index is 2.57. The van der Waals surface area contributed by atoms with E-state index in [2.05, 4.69) is 191 Å². The lowest BCUT2D eigenvalue weighted by molar-refractivity contribution is 1.17. The summed E-state index contributed by atoms with van der Waals surface area (Å²) >= 11 is 1.88. The van der Waals surface area contributed by atoms with Crippen molar-refractivity contribution in [1.29, 1.82) is 0 Å². The molecule has 0 amide bonds. The second kappa shape index (κ2) is 11.0. The van der Waals surface area contributed by atoms with Gasteiger partial charge in [-0.3, -0.25) is 0 Å². The molecule has 9 aromatic carbocycles. The first kappa shape index (κ1) is 28.4. The molecule has 11 aromatic rings. The normalized spacial score (nSPS) is 11.9. The van der Waals surface area contributed by atoms with Crippen LogP contribution in [0.2, 0.25) is 0 Å². The number of anilines is 3. The topological polar surface area (TPSA) is 8.17 Å². The summed E-state index contributed by atoms with van der Waals surface area (Å²) in [6.45, 7) is 0. The molecular formula is C48H30N2S. The van der Waals surface area contributed by atoms with Crippen molar-refractivity contribution in [1.82, 2.24) is 4.57 Å². The predicted octanol–water partition coefficient (Wildman–Crippen LogP) is 14.1.